The van der Waals surface area contributed by atoms with Crippen molar-refractivity contribution in [1.29, 1.82) is 0 Å². The summed E-state index contributed by atoms with van der Waals surface area (Å²) in [5, 5.41) is 7.15. The van der Waals surface area contributed by atoms with Gasteiger partial charge in [-0.3, -0.25) is 9.48 Å². The topological polar surface area (TPSA) is 46.9 Å². The van der Waals surface area contributed by atoms with Gasteiger partial charge in [-0.1, -0.05) is 32.9 Å². The van der Waals surface area contributed by atoms with Gasteiger partial charge in [-0.15, -0.1) is 0 Å². The molecule has 0 bridgehead atoms. The molecule has 0 fully saturated rings. The molecule has 1 atom stereocenters. The van der Waals surface area contributed by atoms with Crippen LogP contribution in [0.25, 0.3) is 0 Å². The van der Waals surface area contributed by atoms with Crippen LogP contribution in [0, 0.1) is 18.2 Å². The first-order chi connectivity index (χ1) is 10.2. The molecule has 0 aliphatic carbocycles. The summed E-state index contributed by atoms with van der Waals surface area (Å²) >= 11 is 0. The fraction of sp³-hybridized carbons (Fsp3) is 0.412. The second-order valence-corrected chi connectivity index (χ2v) is 6.59. The van der Waals surface area contributed by atoms with Crippen molar-refractivity contribution in [3.8, 4) is 0 Å². The predicted octanol–water partition coefficient (Wildman–Crippen LogP) is 3.38. The number of rotatable bonds is 3. The largest absolute Gasteiger partial charge is 0.345 e. The summed E-state index contributed by atoms with van der Waals surface area (Å²) in [5.41, 5.74) is 2.04. The van der Waals surface area contributed by atoms with E-state index in [9.17, 15) is 9.18 Å². The maximum atomic E-state index is 13.1. The molecule has 1 N–H and O–H groups in total. The first kappa shape index (κ1) is 16.2. The lowest BCUT2D eigenvalue weighted by molar-refractivity contribution is 0.0901. The summed E-state index contributed by atoms with van der Waals surface area (Å²) in [6.45, 7) is 7.97. The van der Waals surface area contributed by atoms with Gasteiger partial charge in [-0.2, -0.15) is 5.10 Å². The molecular formula is C17H22FN3O. The van der Waals surface area contributed by atoms with E-state index in [0.29, 0.717) is 5.56 Å². The van der Waals surface area contributed by atoms with E-state index < -0.39 is 0 Å². The molecule has 22 heavy (non-hydrogen) atoms. The maximum Gasteiger partial charge on any atom is 0.255 e. The van der Waals surface area contributed by atoms with Gasteiger partial charge in [0.1, 0.15) is 5.82 Å². The number of aromatic nitrogens is 2. The van der Waals surface area contributed by atoms with E-state index in [2.05, 4.69) is 10.4 Å². The van der Waals surface area contributed by atoms with Gasteiger partial charge in [0, 0.05) is 12.7 Å². The van der Waals surface area contributed by atoms with Gasteiger partial charge in [-0.25, -0.2) is 4.39 Å². The highest BCUT2D eigenvalue weighted by Gasteiger charge is 2.29. The van der Waals surface area contributed by atoms with E-state index in [1.54, 1.807) is 30.1 Å². The van der Waals surface area contributed by atoms with E-state index in [0.717, 1.165) is 11.3 Å². The Morgan fingerprint density at radius 3 is 2.32 bits per heavy atom. The Labute approximate surface area is 130 Å². The van der Waals surface area contributed by atoms with Crippen LogP contribution in [-0.4, -0.2) is 15.7 Å². The van der Waals surface area contributed by atoms with Crippen molar-refractivity contribution >= 4 is 5.91 Å². The van der Waals surface area contributed by atoms with Crippen molar-refractivity contribution in [2.24, 2.45) is 12.5 Å². The molecule has 5 heteroatoms. The first-order valence-corrected chi connectivity index (χ1v) is 7.25. The lowest BCUT2D eigenvalue weighted by Crippen LogP contribution is -2.36. The molecule has 0 saturated heterocycles. The second kappa shape index (κ2) is 5.91. The van der Waals surface area contributed by atoms with Gasteiger partial charge in [0.25, 0.3) is 5.91 Å². The fourth-order valence-corrected chi connectivity index (χ4v) is 2.39. The zero-order valence-corrected chi connectivity index (χ0v) is 13.6. The SMILES string of the molecule is Cc1c(C(=O)NC(c2ccc(F)cc2)C(C)(C)C)cnn1C. The lowest BCUT2D eigenvalue weighted by Gasteiger charge is -2.32. The van der Waals surface area contributed by atoms with E-state index >= 15 is 0 Å². The highest BCUT2D eigenvalue weighted by molar-refractivity contribution is 5.95. The average Bonchev–Trinajstić information content (AvgIpc) is 2.76. The molecule has 0 aliphatic rings. The molecule has 118 valence electrons. The molecule has 1 aromatic carbocycles. The second-order valence-electron chi connectivity index (χ2n) is 6.59. The van der Waals surface area contributed by atoms with Crippen LogP contribution >= 0.6 is 0 Å². The van der Waals surface area contributed by atoms with Gasteiger partial charge in [-0.05, 0) is 30.0 Å². The molecule has 2 rings (SSSR count). The Balaban J connectivity index is 2.30. The van der Waals surface area contributed by atoms with Crippen molar-refractivity contribution in [1.82, 2.24) is 15.1 Å². The highest BCUT2D eigenvalue weighted by atomic mass is 19.1. The third-order valence-electron chi connectivity index (χ3n) is 3.82. The van der Waals surface area contributed by atoms with Crippen LogP contribution in [-0.2, 0) is 7.05 Å². The minimum atomic E-state index is -0.286. The molecular weight excluding hydrogens is 281 g/mol. The summed E-state index contributed by atoms with van der Waals surface area (Å²) in [6, 6.07) is 6.02. The molecule has 2 aromatic rings. The van der Waals surface area contributed by atoms with E-state index in [4.69, 9.17) is 0 Å². The summed E-state index contributed by atoms with van der Waals surface area (Å²) in [6.07, 6.45) is 1.56. The Morgan fingerprint density at radius 1 is 1.27 bits per heavy atom. The summed E-state index contributed by atoms with van der Waals surface area (Å²) < 4.78 is 14.8. The van der Waals surface area contributed by atoms with Crippen LogP contribution < -0.4 is 5.32 Å². The molecule has 1 heterocycles. The Kier molecular flexibility index (Phi) is 4.35. The van der Waals surface area contributed by atoms with Crippen molar-refractivity contribution in [2.45, 2.75) is 33.7 Å². The van der Waals surface area contributed by atoms with Crippen molar-refractivity contribution < 1.29 is 9.18 Å². The zero-order valence-electron chi connectivity index (χ0n) is 13.6. The third-order valence-corrected chi connectivity index (χ3v) is 3.82. The average molecular weight is 303 g/mol. The number of halogens is 1. The van der Waals surface area contributed by atoms with Crippen LogP contribution in [0.2, 0.25) is 0 Å². The first-order valence-electron chi connectivity index (χ1n) is 7.25. The number of carbonyl (C=O) groups is 1. The van der Waals surface area contributed by atoms with Crippen LogP contribution in [0.1, 0.15) is 48.4 Å². The maximum absolute atomic E-state index is 13.1. The van der Waals surface area contributed by atoms with Gasteiger partial charge < -0.3 is 5.32 Å². The van der Waals surface area contributed by atoms with Crippen molar-refractivity contribution in [2.75, 3.05) is 0 Å². The number of nitrogens with zero attached hydrogens (tertiary/aromatic N) is 2. The van der Waals surface area contributed by atoms with E-state index in [1.165, 1.54) is 12.1 Å². The van der Waals surface area contributed by atoms with Crippen LogP contribution in [0.4, 0.5) is 4.39 Å². The third kappa shape index (κ3) is 3.35. The summed E-state index contributed by atoms with van der Waals surface area (Å²) in [4.78, 5) is 12.5. The van der Waals surface area contributed by atoms with Crippen LogP contribution in [0.15, 0.2) is 30.5 Å². The number of carbonyl (C=O) groups excluding carboxylic acids is 1. The summed E-state index contributed by atoms with van der Waals surface area (Å²) in [5.74, 6) is -0.458. The Bertz CT molecular complexity index is 668. The molecule has 0 saturated carbocycles. The normalized spacial score (nSPS) is 13.0. The number of hydrogen-bond acceptors (Lipinski definition) is 2. The number of nitrogens with one attached hydrogen (secondary N) is 1. The van der Waals surface area contributed by atoms with Crippen molar-refractivity contribution in [3.05, 3.63) is 53.1 Å². The minimum absolute atomic E-state index is 0.171. The molecule has 0 aliphatic heterocycles. The number of hydrogen-bond donors (Lipinski definition) is 1. The van der Waals surface area contributed by atoms with Gasteiger partial charge in [0.05, 0.1) is 17.8 Å². The fourth-order valence-electron chi connectivity index (χ4n) is 2.39. The summed E-state index contributed by atoms with van der Waals surface area (Å²) in [7, 11) is 1.80. The van der Waals surface area contributed by atoms with Gasteiger partial charge in [0.15, 0.2) is 0 Å². The number of amides is 1. The predicted molar refractivity (Wildman–Crippen MR) is 84.0 cm³/mol. The minimum Gasteiger partial charge on any atom is -0.345 e. The van der Waals surface area contributed by atoms with E-state index in [1.807, 2.05) is 27.7 Å². The highest BCUT2D eigenvalue weighted by Crippen LogP contribution is 2.33. The standard InChI is InChI=1S/C17H22FN3O/c1-11-14(10-19-21(11)5)16(22)20-15(17(2,3)4)12-6-8-13(18)9-7-12/h6-10,15H,1-5H3,(H,20,22). The van der Waals surface area contributed by atoms with Gasteiger partial charge in [0.2, 0.25) is 0 Å². The molecule has 0 radical (unpaired) electrons. The smallest absolute Gasteiger partial charge is 0.255 e. The Hall–Kier alpha value is -2.17. The zero-order chi connectivity index (χ0) is 16.5. The Morgan fingerprint density at radius 2 is 1.86 bits per heavy atom. The quantitative estimate of drug-likeness (QED) is 0.945. The number of benzene rings is 1. The van der Waals surface area contributed by atoms with E-state index in [-0.39, 0.29) is 23.2 Å². The van der Waals surface area contributed by atoms with Gasteiger partial charge >= 0.3 is 0 Å². The molecule has 0 spiro atoms. The molecule has 1 amide bonds. The lowest BCUT2D eigenvalue weighted by atomic mass is 9.82. The van der Waals surface area contributed by atoms with Crippen LogP contribution in [0.3, 0.4) is 0 Å². The molecule has 1 unspecified atom stereocenters. The molecule has 4 nitrogen and oxygen atoms in total. The number of aryl methyl sites for hydroxylation is 1. The monoisotopic (exact) mass is 303 g/mol. The molecule has 1 aromatic heterocycles. The van der Waals surface area contributed by atoms with Crippen molar-refractivity contribution in [3.63, 3.8) is 0 Å². The van der Waals surface area contributed by atoms with Crippen LogP contribution in [0.5, 0.6) is 0 Å².